The minimum Gasteiger partial charge on any atom is -0.393 e. The summed E-state index contributed by atoms with van der Waals surface area (Å²) < 4.78 is 0. The number of aliphatic hydroxyl groups is 1. The smallest absolute Gasteiger partial charge is 0.0564 e. The van der Waals surface area contributed by atoms with Crippen LogP contribution in [0.15, 0.2) is 54.6 Å². The van der Waals surface area contributed by atoms with E-state index in [4.69, 9.17) is 0 Å². The van der Waals surface area contributed by atoms with Crippen molar-refractivity contribution in [3.63, 3.8) is 0 Å². The normalized spacial score (nSPS) is 27.4. The molecule has 0 aromatic heterocycles. The Balaban J connectivity index is 1.20. The van der Waals surface area contributed by atoms with Crippen LogP contribution in [0.2, 0.25) is 0 Å². The van der Waals surface area contributed by atoms with Gasteiger partial charge in [-0.2, -0.15) is 0 Å². The fourth-order valence-electron chi connectivity index (χ4n) is 6.40. The van der Waals surface area contributed by atoms with Gasteiger partial charge < -0.3 is 10.4 Å². The van der Waals surface area contributed by atoms with Gasteiger partial charge in [-0.25, -0.2) is 0 Å². The van der Waals surface area contributed by atoms with E-state index in [9.17, 15) is 5.11 Å². The number of likely N-dealkylation sites (tertiary alicyclic amines) is 2. The van der Waals surface area contributed by atoms with Gasteiger partial charge in [0.05, 0.1) is 6.10 Å². The number of nitrogens with one attached hydrogen (secondary N) is 1. The molecule has 0 amide bonds. The highest BCUT2D eigenvalue weighted by Crippen LogP contribution is 2.36. The molecule has 178 valence electrons. The summed E-state index contributed by atoms with van der Waals surface area (Å²) in [7, 11) is 0. The molecule has 1 saturated carbocycles. The van der Waals surface area contributed by atoms with Gasteiger partial charge in [0.15, 0.2) is 0 Å². The van der Waals surface area contributed by atoms with Gasteiger partial charge in [0.1, 0.15) is 0 Å². The summed E-state index contributed by atoms with van der Waals surface area (Å²) in [6, 6.07) is 20.6. The van der Waals surface area contributed by atoms with E-state index in [1.165, 1.54) is 55.5 Å². The van der Waals surface area contributed by atoms with E-state index in [1.54, 1.807) is 0 Å². The number of hydrogen-bond acceptors (Lipinski definition) is 4. The number of hydrogen-bond donors (Lipinski definition) is 2. The van der Waals surface area contributed by atoms with Crippen molar-refractivity contribution in [1.82, 2.24) is 15.1 Å². The zero-order valence-electron chi connectivity index (χ0n) is 20.0. The second-order valence-electron chi connectivity index (χ2n) is 10.7. The lowest BCUT2D eigenvalue weighted by atomic mass is 9.87. The third-order valence-corrected chi connectivity index (χ3v) is 8.30. The topological polar surface area (TPSA) is 38.7 Å². The summed E-state index contributed by atoms with van der Waals surface area (Å²) in [5.41, 5.74) is 4.34. The maximum absolute atomic E-state index is 9.83. The molecule has 0 unspecified atom stereocenters. The van der Waals surface area contributed by atoms with Crippen LogP contribution in [0.5, 0.6) is 0 Å². The van der Waals surface area contributed by atoms with Crippen LogP contribution in [0.4, 0.5) is 0 Å². The van der Waals surface area contributed by atoms with Crippen LogP contribution in [0.25, 0.3) is 0 Å². The fourth-order valence-corrected chi connectivity index (χ4v) is 6.40. The van der Waals surface area contributed by atoms with Gasteiger partial charge in [-0.3, -0.25) is 9.80 Å². The van der Waals surface area contributed by atoms with Gasteiger partial charge in [0.2, 0.25) is 0 Å². The van der Waals surface area contributed by atoms with Gasteiger partial charge in [0.25, 0.3) is 0 Å². The molecule has 5 rings (SSSR count). The fraction of sp³-hybridized carbons (Fsp3) is 0.586. The van der Waals surface area contributed by atoms with Crippen LogP contribution in [-0.4, -0.2) is 53.2 Å². The summed E-state index contributed by atoms with van der Waals surface area (Å²) >= 11 is 0. The van der Waals surface area contributed by atoms with Gasteiger partial charge in [-0.05, 0) is 54.2 Å². The van der Waals surface area contributed by atoms with Crippen molar-refractivity contribution in [3.05, 3.63) is 71.3 Å². The number of benzene rings is 2. The molecule has 0 spiro atoms. The second-order valence-corrected chi connectivity index (χ2v) is 10.7. The van der Waals surface area contributed by atoms with Crippen LogP contribution in [0.3, 0.4) is 0 Å². The van der Waals surface area contributed by atoms with Crippen molar-refractivity contribution in [1.29, 1.82) is 0 Å². The average Bonchev–Trinajstić information content (AvgIpc) is 3.14. The van der Waals surface area contributed by atoms with Crippen LogP contribution in [-0.2, 0) is 19.6 Å². The minimum atomic E-state index is -0.103. The lowest BCUT2D eigenvalue weighted by Crippen LogP contribution is -2.39. The number of rotatable bonds is 7. The molecular formula is C29H41N3O. The summed E-state index contributed by atoms with van der Waals surface area (Å²) in [5.74, 6) is 1.61. The van der Waals surface area contributed by atoms with E-state index in [0.717, 1.165) is 57.4 Å². The molecule has 2 saturated heterocycles. The molecule has 2 N–H and O–H groups in total. The Bertz CT molecular complexity index is 864. The van der Waals surface area contributed by atoms with Crippen molar-refractivity contribution in [2.75, 3.05) is 26.2 Å². The summed E-state index contributed by atoms with van der Waals surface area (Å²) in [6.45, 7) is 7.57. The van der Waals surface area contributed by atoms with Gasteiger partial charge >= 0.3 is 0 Å². The van der Waals surface area contributed by atoms with Crippen LogP contribution >= 0.6 is 0 Å². The van der Waals surface area contributed by atoms with E-state index in [0.29, 0.717) is 6.04 Å². The third-order valence-electron chi connectivity index (χ3n) is 8.30. The van der Waals surface area contributed by atoms with Crippen LogP contribution < -0.4 is 5.32 Å². The van der Waals surface area contributed by atoms with Gasteiger partial charge in [-0.15, -0.1) is 0 Å². The van der Waals surface area contributed by atoms with Crippen LogP contribution in [0, 0.1) is 11.8 Å². The molecule has 33 heavy (non-hydrogen) atoms. The molecule has 2 aliphatic heterocycles. The Morgan fingerprint density at radius 2 is 1.48 bits per heavy atom. The number of piperidine rings is 1. The molecule has 2 heterocycles. The Labute approximate surface area is 200 Å². The van der Waals surface area contributed by atoms with Crippen molar-refractivity contribution in [2.24, 2.45) is 11.8 Å². The number of aliphatic hydroxyl groups excluding tert-OH is 1. The summed E-state index contributed by atoms with van der Waals surface area (Å²) in [4.78, 5) is 5.20. The zero-order chi connectivity index (χ0) is 22.5. The Kier molecular flexibility index (Phi) is 7.78. The molecule has 2 aromatic carbocycles. The largest absolute Gasteiger partial charge is 0.393 e. The Hall–Kier alpha value is -1.72. The second kappa shape index (κ2) is 11.1. The van der Waals surface area contributed by atoms with Crippen LogP contribution in [0.1, 0.15) is 55.2 Å². The van der Waals surface area contributed by atoms with E-state index in [2.05, 4.69) is 69.7 Å². The monoisotopic (exact) mass is 447 g/mol. The van der Waals surface area contributed by atoms with E-state index >= 15 is 0 Å². The maximum atomic E-state index is 9.83. The van der Waals surface area contributed by atoms with Crippen molar-refractivity contribution in [3.8, 4) is 0 Å². The highest BCUT2D eigenvalue weighted by molar-refractivity contribution is 5.27. The summed E-state index contributed by atoms with van der Waals surface area (Å²) in [6.07, 6.45) is 7.17. The first-order valence-corrected chi connectivity index (χ1v) is 13.2. The Morgan fingerprint density at radius 1 is 0.758 bits per heavy atom. The highest BCUT2D eigenvalue weighted by atomic mass is 16.3. The minimum absolute atomic E-state index is 0.103. The lowest BCUT2D eigenvalue weighted by Gasteiger charge is -2.30. The lowest BCUT2D eigenvalue weighted by molar-refractivity contribution is 0.0791. The van der Waals surface area contributed by atoms with E-state index in [-0.39, 0.29) is 6.10 Å². The molecule has 1 aliphatic carbocycles. The predicted octanol–water partition coefficient (Wildman–Crippen LogP) is 4.42. The molecule has 0 bridgehead atoms. The standard InChI is InChI=1S/C29H41N3O/c33-27-14-16-31(17-15-27)20-25-11-5-4-10-24(25)18-30-29-13-7-6-12-26-21-32(22-28(26)29)19-23-8-2-1-3-9-23/h1-5,8-11,26-30,33H,6-7,12-22H2/t26-,28-,29-/m1/s1. The average molecular weight is 448 g/mol. The first-order chi connectivity index (χ1) is 16.2. The SMILES string of the molecule is OC1CCN(Cc2ccccc2CN[C@@H]2CCCC[C@@H]3CN(Cc4ccccc4)C[C@H]32)CC1. The molecule has 0 radical (unpaired) electrons. The highest BCUT2D eigenvalue weighted by Gasteiger charge is 2.38. The predicted molar refractivity (Wildman–Crippen MR) is 135 cm³/mol. The Morgan fingerprint density at radius 3 is 2.30 bits per heavy atom. The van der Waals surface area contributed by atoms with Gasteiger partial charge in [0, 0.05) is 51.9 Å². The maximum Gasteiger partial charge on any atom is 0.0564 e. The van der Waals surface area contributed by atoms with Crippen molar-refractivity contribution < 1.29 is 5.11 Å². The van der Waals surface area contributed by atoms with Crippen molar-refractivity contribution >= 4 is 0 Å². The molecule has 4 nitrogen and oxygen atoms in total. The first kappa shape index (κ1) is 23.0. The quantitative estimate of drug-likeness (QED) is 0.659. The van der Waals surface area contributed by atoms with E-state index in [1.807, 2.05) is 0 Å². The molecule has 4 heteroatoms. The van der Waals surface area contributed by atoms with Crippen molar-refractivity contribution in [2.45, 2.75) is 70.3 Å². The third kappa shape index (κ3) is 6.05. The summed E-state index contributed by atoms with van der Waals surface area (Å²) in [5, 5.41) is 13.9. The van der Waals surface area contributed by atoms with Gasteiger partial charge in [-0.1, -0.05) is 67.4 Å². The molecule has 3 aliphatic rings. The number of fused-ring (bicyclic) bond motifs is 1. The molecule has 3 fully saturated rings. The number of nitrogens with zero attached hydrogens (tertiary/aromatic N) is 2. The first-order valence-electron chi connectivity index (χ1n) is 13.2. The molecule has 3 atom stereocenters. The molecule has 2 aromatic rings. The zero-order valence-corrected chi connectivity index (χ0v) is 20.0. The molecular weight excluding hydrogens is 406 g/mol. The van der Waals surface area contributed by atoms with E-state index < -0.39 is 0 Å².